The van der Waals surface area contributed by atoms with E-state index in [0.29, 0.717) is 0 Å². The molecule has 8 N–H and O–H groups in total. The Labute approximate surface area is 161 Å². The van der Waals surface area contributed by atoms with Crippen molar-refractivity contribution in [3.63, 3.8) is 0 Å². The highest BCUT2D eigenvalue weighted by molar-refractivity contribution is 7.60. The van der Waals surface area contributed by atoms with Crippen molar-refractivity contribution in [1.29, 1.82) is 0 Å². The molecule has 0 aliphatic carbocycles. The van der Waals surface area contributed by atoms with Crippen molar-refractivity contribution in [2.45, 2.75) is 32.0 Å². The van der Waals surface area contributed by atoms with Crippen LogP contribution in [0.5, 0.6) is 0 Å². The number of nitrogens with one attached hydrogen (secondary N) is 1. The lowest BCUT2D eigenvalue weighted by Crippen LogP contribution is -2.33. The number of H-pyrrole nitrogens is 1. The SMILES string of the molecule is C.Nc1nc2c(ncn2C2OC(COP(=O)(O)OP(=O)(O)O)C(O)C2O)c(=O)[nH]1. The zero-order chi connectivity index (χ0) is 20.9. The highest BCUT2D eigenvalue weighted by Gasteiger charge is 2.46. The predicted molar refractivity (Wildman–Crippen MR) is 94.1 cm³/mol. The van der Waals surface area contributed by atoms with Crippen LogP contribution in [0.2, 0.25) is 0 Å². The summed E-state index contributed by atoms with van der Waals surface area (Å²) < 4.78 is 36.6. The molecule has 3 rings (SSSR count). The topological polar surface area (TPSA) is 253 Å². The number of nitrogen functional groups attached to an aromatic ring is 1. The van der Waals surface area contributed by atoms with Crippen molar-refractivity contribution in [2.75, 3.05) is 12.3 Å². The maximum Gasteiger partial charge on any atom is 0.481 e. The summed E-state index contributed by atoms with van der Waals surface area (Å²) in [5, 5.41) is 20.3. The second-order valence-electron chi connectivity index (χ2n) is 5.66. The van der Waals surface area contributed by atoms with Gasteiger partial charge < -0.3 is 35.4 Å². The molecule has 5 unspecified atom stereocenters. The number of aromatic nitrogens is 4. The molecule has 5 atom stereocenters. The molecule has 1 saturated heterocycles. The van der Waals surface area contributed by atoms with E-state index in [1.54, 1.807) is 0 Å². The smallest absolute Gasteiger partial charge is 0.387 e. The molecule has 0 bridgehead atoms. The summed E-state index contributed by atoms with van der Waals surface area (Å²) in [6, 6.07) is 0. The van der Waals surface area contributed by atoms with Gasteiger partial charge in [0.05, 0.1) is 12.9 Å². The Morgan fingerprint density at radius 1 is 1.28 bits per heavy atom. The first-order valence-electron chi connectivity index (χ1n) is 7.36. The van der Waals surface area contributed by atoms with Crippen molar-refractivity contribution < 1.29 is 47.6 Å². The highest BCUT2D eigenvalue weighted by atomic mass is 31.3. The van der Waals surface area contributed by atoms with Gasteiger partial charge in [-0.2, -0.15) is 9.29 Å². The summed E-state index contributed by atoms with van der Waals surface area (Å²) in [7, 11) is -10.5. The number of fused-ring (bicyclic) bond motifs is 1. The normalized spacial score (nSPS) is 26.9. The Kier molecular flexibility index (Phi) is 6.66. The van der Waals surface area contributed by atoms with Crippen LogP contribution in [0.4, 0.5) is 5.95 Å². The number of phosphoric ester groups is 1. The number of nitrogens with two attached hydrogens (primary N) is 1. The summed E-state index contributed by atoms with van der Waals surface area (Å²) in [6.07, 6.45) is -4.88. The Morgan fingerprint density at radius 2 is 1.93 bits per heavy atom. The van der Waals surface area contributed by atoms with Crippen molar-refractivity contribution >= 4 is 32.8 Å². The van der Waals surface area contributed by atoms with Crippen LogP contribution in [-0.2, 0) is 22.7 Å². The second kappa shape index (κ2) is 8.20. The minimum Gasteiger partial charge on any atom is -0.387 e. The maximum atomic E-state index is 11.8. The van der Waals surface area contributed by atoms with E-state index in [0.717, 1.165) is 10.9 Å². The molecular formula is C11H19N5O11P2. The molecule has 18 heteroatoms. The van der Waals surface area contributed by atoms with E-state index in [2.05, 4.69) is 23.8 Å². The van der Waals surface area contributed by atoms with Gasteiger partial charge in [0.25, 0.3) is 5.56 Å². The van der Waals surface area contributed by atoms with Crippen LogP contribution in [0, 0.1) is 0 Å². The number of aromatic amines is 1. The molecular weight excluding hydrogens is 440 g/mol. The molecule has 0 saturated carbocycles. The van der Waals surface area contributed by atoms with Gasteiger partial charge in [0.2, 0.25) is 5.95 Å². The van der Waals surface area contributed by atoms with E-state index in [4.69, 9.17) is 20.3 Å². The monoisotopic (exact) mass is 459 g/mol. The first-order chi connectivity index (χ1) is 12.9. The number of aliphatic hydroxyl groups is 2. The lowest BCUT2D eigenvalue weighted by molar-refractivity contribution is -0.0503. The third kappa shape index (κ3) is 5.07. The summed E-state index contributed by atoms with van der Waals surface area (Å²) >= 11 is 0. The van der Waals surface area contributed by atoms with Crippen molar-refractivity contribution in [2.24, 2.45) is 0 Å². The first kappa shape index (κ1) is 23.6. The molecule has 16 nitrogen and oxygen atoms in total. The van der Waals surface area contributed by atoms with E-state index in [1.807, 2.05) is 0 Å². The van der Waals surface area contributed by atoms with Crippen LogP contribution in [0.1, 0.15) is 13.7 Å². The van der Waals surface area contributed by atoms with Crippen molar-refractivity contribution in [3.8, 4) is 0 Å². The second-order valence-corrected chi connectivity index (χ2v) is 8.49. The molecule has 0 aromatic carbocycles. The highest BCUT2D eigenvalue weighted by Crippen LogP contribution is 2.57. The molecule has 1 aliphatic heterocycles. The van der Waals surface area contributed by atoms with Gasteiger partial charge in [-0.25, -0.2) is 14.1 Å². The fourth-order valence-corrected chi connectivity index (χ4v) is 4.15. The van der Waals surface area contributed by atoms with Gasteiger partial charge in [-0.05, 0) is 0 Å². The summed E-state index contributed by atoms with van der Waals surface area (Å²) in [4.78, 5) is 48.1. The molecule has 29 heavy (non-hydrogen) atoms. The number of ether oxygens (including phenoxy) is 1. The number of phosphoric acid groups is 2. The molecule has 3 heterocycles. The van der Waals surface area contributed by atoms with Gasteiger partial charge in [0, 0.05) is 0 Å². The molecule has 164 valence electrons. The average molecular weight is 459 g/mol. The van der Waals surface area contributed by atoms with Crippen LogP contribution in [0.3, 0.4) is 0 Å². The first-order valence-corrected chi connectivity index (χ1v) is 10.4. The number of nitrogens with zero attached hydrogens (tertiary/aromatic N) is 3. The van der Waals surface area contributed by atoms with Gasteiger partial charge in [0.1, 0.15) is 18.3 Å². The maximum absolute atomic E-state index is 11.8. The Hall–Kier alpha value is -1.71. The van der Waals surface area contributed by atoms with Crippen molar-refractivity contribution in [3.05, 3.63) is 16.7 Å². The minimum absolute atomic E-state index is 0. The fourth-order valence-electron chi connectivity index (χ4n) is 2.55. The number of hydrogen-bond donors (Lipinski definition) is 7. The van der Waals surface area contributed by atoms with E-state index >= 15 is 0 Å². The van der Waals surface area contributed by atoms with Crippen molar-refractivity contribution in [1.82, 2.24) is 19.5 Å². The van der Waals surface area contributed by atoms with Gasteiger partial charge in [-0.15, -0.1) is 0 Å². The van der Waals surface area contributed by atoms with Crippen LogP contribution >= 0.6 is 15.6 Å². The van der Waals surface area contributed by atoms with Gasteiger partial charge in [0.15, 0.2) is 17.4 Å². The van der Waals surface area contributed by atoms with E-state index in [1.165, 1.54) is 0 Å². The van der Waals surface area contributed by atoms with E-state index in [9.17, 15) is 29.0 Å². The number of hydrogen-bond acceptors (Lipinski definition) is 11. The quantitative estimate of drug-likeness (QED) is 0.235. The third-order valence-electron chi connectivity index (χ3n) is 3.67. The van der Waals surface area contributed by atoms with Gasteiger partial charge in [-0.1, -0.05) is 7.43 Å². The fraction of sp³-hybridized carbons (Fsp3) is 0.545. The number of aliphatic hydroxyl groups excluding tert-OH is 2. The molecule has 0 amide bonds. The summed E-state index contributed by atoms with van der Waals surface area (Å²) in [5.74, 6) is -0.233. The lowest BCUT2D eigenvalue weighted by Gasteiger charge is -2.17. The Bertz CT molecular complexity index is 1030. The minimum atomic E-state index is -5.32. The lowest BCUT2D eigenvalue weighted by atomic mass is 10.1. The molecule has 1 aliphatic rings. The molecule has 1 fully saturated rings. The molecule has 2 aromatic rings. The van der Waals surface area contributed by atoms with Crippen LogP contribution in [0.15, 0.2) is 11.1 Å². The largest absolute Gasteiger partial charge is 0.481 e. The van der Waals surface area contributed by atoms with Gasteiger partial charge >= 0.3 is 15.6 Å². The number of imidazole rings is 1. The summed E-state index contributed by atoms with van der Waals surface area (Å²) in [6.45, 7) is -0.870. The van der Waals surface area contributed by atoms with Crippen LogP contribution < -0.4 is 11.3 Å². The zero-order valence-electron chi connectivity index (χ0n) is 13.6. The molecule has 2 aromatic heterocycles. The van der Waals surface area contributed by atoms with Crippen LogP contribution in [0.25, 0.3) is 11.2 Å². The van der Waals surface area contributed by atoms with E-state index in [-0.39, 0.29) is 24.5 Å². The number of rotatable bonds is 6. The van der Waals surface area contributed by atoms with Gasteiger partial charge in [-0.3, -0.25) is 18.9 Å². The summed E-state index contributed by atoms with van der Waals surface area (Å²) in [5.41, 5.74) is 4.65. The zero-order valence-corrected chi connectivity index (χ0v) is 15.4. The molecule has 0 radical (unpaired) electrons. The third-order valence-corrected chi connectivity index (χ3v) is 5.83. The Morgan fingerprint density at radius 3 is 2.55 bits per heavy atom. The number of anilines is 1. The van der Waals surface area contributed by atoms with E-state index < -0.39 is 52.4 Å². The predicted octanol–water partition coefficient (Wildman–Crippen LogP) is -1.82. The molecule has 0 spiro atoms. The Balaban J connectivity index is 0.00000300. The standard InChI is InChI=1S/C10H15N5O11P2.CH4/c11-10-13-7-4(8(18)14-10)12-2-15(7)9-6(17)5(16)3(25-9)1-24-28(22,23)26-27(19,20)21;/h2-3,5-6,9,16-17H,1H2,(H,22,23)(H2,19,20,21)(H3,11,13,14,18);1H4. The average Bonchev–Trinajstić information content (AvgIpc) is 3.06. The van der Waals surface area contributed by atoms with Crippen LogP contribution in [-0.4, -0.2) is 69.3 Å².